The SMILES string of the molecule is C[C@H](OC(=O)c1cc(F)ccc1Br)C(=O)c1c[nH]c2ccccc12. The molecule has 0 saturated carbocycles. The molecule has 2 aromatic carbocycles. The molecule has 3 aromatic rings. The lowest BCUT2D eigenvalue weighted by molar-refractivity contribution is 0.0318. The van der Waals surface area contributed by atoms with Crippen LogP contribution in [0.15, 0.2) is 53.1 Å². The summed E-state index contributed by atoms with van der Waals surface area (Å²) in [6.07, 6.45) is 0.599. The van der Waals surface area contributed by atoms with Crippen molar-refractivity contribution in [3.05, 3.63) is 70.1 Å². The number of aromatic nitrogens is 1. The molecule has 6 heteroatoms. The first-order valence-electron chi connectivity index (χ1n) is 7.23. The summed E-state index contributed by atoms with van der Waals surface area (Å²) >= 11 is 3.17. The minimum Gasteiger partial charge on any atom is -0.451 e. The lowest BCUT2D eigenvalue weighted by Crippen LogP contribution is -2.24. The van der Waals surface area contributed by atoms with Gasteiger partial charge in [-0.15, -0.1) is 0 Å². The second kappa shape index (κ2) is 6.57. The average molecular weight is 390 g/mol. The Kier molecular flexibility index (Phi) is 4.49. The first-order chi connectivity index (χ1) is 11.5. The third-order valence-corrected chi connectivity index (χ3v) is 4.35. The van der Waals surface area contributed by atoms with Crippen LogP contribution in [0.5, 0.6) is 0 Å². The van der Waals surface area contributed by atoms with Crippen LogP contribution in [0.4, 0.5) is 4.39 Å². The first-order valence-corrected chi connectivity index (χ1v) is 8.03. The highest BCUT2D eigenvalue weighted by molar-refractivity contribution is 9.10. The maximum Gasteiger partial charge on any atom is 0.340 e. The zero-order valence-corrected chi connectivity index (χ0v) is 14.3. The number of Topliss-reactive ketones (excluding diaryl/α,β-unsaturated/α-hetero) is 1. The summed E-state index contributed by atoms with van der Waals surface area (Å²) in [4.78, 5) is 27.7. The summed E-state index contributed by atoms with van der Waals surface area (Å²) in [6, 6.07) is 11.1. The molecule has 0 spiro atoms. The number of aromatic amines is 1. The molecule has 0 bridgehead atoms. The van der Waals surface area contributed by atoms with Crippen LogP contribution < -0.4 is 0 Å². The van der Waals surface area contributed by atoms with Crippen LogP contribution in [0.2, 0.25) is 0 Å². The van der Waals surface area contributed by atoms with Crippen molar-refractivity contribution < 1.29 is 18.7 Å². The molecule has 24 heavy (non-hydrogen) atoms. The van der Waals surface area contributed by atoms with Crippen LogP contribution in [0.25, 0.3) is 10.9 Å². The summed E-state index contributed by atoms with van der Waals surface area (Å²) in [5.74, 6) is -1.64. The summed E-state index contributed by atoms with van der Waals surface area (Å²) in [5.41, 5.74) is 1.31. The molecule has 1 aromatic heterocycles. The van der Waals surface area contributed by atoms with Gasteiger partial charge in [0.15, 0.2) is 6.10 Å². The number of para-hydroxylation sites is 1. The van der Waals surface area contributed by atoms with E-state index >= 15 is 0 Å². The monoisotopic (exact) mass is 389 g/mol. The molecule has 0 saturated heterocycles. The number of nitrogens with one attached hydrogen (secondary N) is 1. The molecule has 0 unspecified atom stereocenters. The highest BCUT2D eigenvalue weighted by Gasteiger charge is 2.24. The van der Waals surface area contributed by atoms with E-state index in [1.807, 2.05) is 24.3 Å². The van der Waals surface area contributed by atoms with Crippen LogP contribution in [0.1, 0.15) is 27.6 Å². The van der Waals surface area contributed by atoms with Crippen LogP contribution in [-0.4, -0.2) is 22.8 Å². The largest absolute Gasteiger partial charge is 0.451 e. The van der Waals surface area contributed by atoms with E-state index in [-0.39, 0.29) is 11.3 Å². The number of rotatable bonds is 4. The number of fused-ring (bicyclic) bond motifs is 1. The molecule has 0 radical (unpaired) electrons. The Bertz CT molecular complexity index is 935. The number of esters is 1. The Hall–Kier alpha value is -2.47. The third kappa shape index (κ3) is 3.10. The maximum atomic E-state index is 13.3. The van der Waals surface area contributed by atoms with Gasteiger partial charge in [0.1, 0.15) is 5.82 Å². The number of halogens is 2. The number of hydrogen-bond donors (Lipinski definition) is 1. The minimum atomic E-state index is -0.994. The van der Waals surface area contributed by atoms with Crippen molar-refractivity contribution in [1.29, 1.82) is 0 Å². The van der Waals surface area contributed by atoms with Gasteiger partial charge in [0.2, 0.25) is 5.78 Å². The number of carbonyl (C=O) groups is 2. The zero-order chi connectivity index (χ0) is 17.3. The van der Waals surface area contributed by atoms with Gasteiger partial charge in [-0.2, -0.15) is 0 Å². The molecule has 0 aliphatic heterocycles. The molecule has 0 amide bonds. The molecular formula is C18H13BrFNO3. The van der Waals surface area contributed by atoms with Crippen molar-refractivity contribution in [2.45, 2.75) is 13.0 Å². The molecule has 3 rings (SSSR count). The molecule has 0 aliphatic rings. The van der Waals surface area contributed by atoms with Gasteiger partial charge in [0.05, 0.1) is 5.56 Å². The fraction of sp³-hybridized carbons (Fsp3) is 0.111. The van der Waals surface area contributed by atoms with Crippen molar-refractivity contribution in [1.82, 2.24) is 4.98 Å². The van der Waals surface area contributed by atoms with E-state index in [4.69, 9.17) is 4.74 Å². The van der Waals surface area contributed by atoms with Gasteiger partial charge in [-0.3, -0.25) is 4.79 Å². The van der Waals surface area contributed by atoms with Gasteiger partial charge < -0.3 is 9.72 Å². The summed E-state index contributed by atoms with van der Waals surface area (Å²) in [5, 5.41) is 0.761. The number of ketones is 1. The smallest absolute Gasteiger partial charge is 0.340 e. The fourth-order valence-corrected chi connectivity index (χ4v) is 2.83. The quantitative estimate of drug-likeness (QED) is 0.527. The average Bonchev–Trinajstić information content (AvgIpc) is 3.00. The molecule has 1 atom stereocenters. The molecular weight excluding hydrogens is 377 g/mol. The molecule has 0 fully saturated rings. The van der Waals surface area contributed by atoms with E-state index in [1.165, 1.54) is 19.1 Å². The van der Waals surface area contributed by atoms with Crippen molar-refractivity contribution in [3.8, 4) is 0 Å². The normalized spacial score (nSPS) is 12.1. The van der Waals surface area contributed by atoms with Crippen LogP contribution in [-0.2, 0) is 4.74 Å². The molecule has 1 N–H and O–H groups in total. The van der Waals surface area contributed by atoms with E-state index in [1.54, 1.807) is 6.20 Å². The summed E-state index contributed by atoms with van der Waals surface area (Å²) in [7, 11) is 0. The van der Waals surface area contributed by atoms with E-state index in [0.717, 1.165) is 17.0 Å². The summed E-state index contributed by atoms with van der Waals surface area (Å²) in [6.45, 7) is 1.50. The molecule has 122 valence electrons. The van der Waals surface area contributed by atoms with Crippen molar-refractivity contribution >= 4 is 38.6 Å². The topological polar surface area (TPSA) is 59.2 Å². The number of carbonyl (C=O) groups excluding carboxylic acids is 2. The Morgan fingerprint density at radius 3 is 2.71 bits per heavy atom. The first kappa shape index (κ1) is 16.4. The van der Waals surface area contributed by atoms with Crippen molar-refractivity contribution in [2.75, 3.05) is 0 Å². The predicted octanol–water partition coefficient (Wildman–Crippen LogP) is 4.50. The zero-order valence-electron chi connectivity index (χ0n) is 12.7. The van der Waals surface area contributed by atoms with Gasteiger partial charge >= 0.3 is 5.97 Å². The summed E-state index contributed by atoms with van der Waals surface area (Å²) < 4.78 is 18.9. The van der Waals surface area contributed by atoms with E-state index in [9.17, 15) is 14.0 Å². The van der Waals surface area contributed by atoms with E-state index < -0.39 is 17.9 Å². The van der Waals surface area contributed by atoms with Gasteiger partial charge in [0.25, 0.3) is 0 Å². The van der Waals surface area contributed by atoms with E-state index in [0.29, 0.717) is 10.0 Å². The maximum absolute atomic E-state index is 13.3. The van der Waals surface area contributed by atoms with Gasteiger partial charge in [-0.05, 0) is 47.1 Å². The van der Waals surface area contributed by atoms with Gasteiger partial charge in [0, 0.05) is 27.1 Å². The van der Waals surface area contributed by atoms with Gasteiger partial charge in [-0.25, -0.2) is 9.18 Å². The molecule has 0 aliphatic carbocycles. The van der Waals surface area contributed by atoms with Crippen LogP contribution in [0, 0.1) is 5.82 Å². The number of H-pyrrole nitrogens is 1. The highest BCUT2D eigenvalue weighted by Crippen LogP contribution is 2.22. The Morgan fingerprint density at radius 1 is 1.17 bits per heavy atom. The van der Waals surface area contributed by atoms with Crippen LogP contribution >= 0.6 is 15.9 Å². The van der Waals surface area contributed by atoms with Crippen molar-refractivity contribution in [2.24, 2.45) is 0 Å². The third-order valence-electron chi connectivity index (χ3n) is 3.66. The minimum absolute atomic E-state index is 0.0357. The lowest BCUT2D eigenvalue weighted by Gasteiger charge is -2.12. The standard InChI is InChI=1S/C18H13BrFNO3/c1-10(24-18(23)13-8-11(20)6-7-15(13)19)17(22)14-9-21-16-5-3-2-4-12(14)16/h2-10,21H,1H3/t10-/m0/s1. The lowest BCUT2D eigenvalue weighted by atomic mass is 10.1. The second-order valence-corrected chi connectivity index (χ2v) is 6.14. The highest BCUT2D eigenvalue weighted by atomic mass is 79.9. The number of hydrogen-bond acceptors (Lipinski definition) is 3. The van der Waals surface area contributed by atoms with Gasteiger partial charge in [-0.1, -0.05) is 18.2 Å². The Balaban J connectivity index is 1.81. The predicted molar refractivity (Wildman–Crippen MR) is 91.6 cm³/mol. The number of benzene rings is 2. The number of ether oxygens (including phenoxy) is 1. The van der Waals surface area contributed by atoms with Crippen LogP contribution in [0.3, 0.4) is 0 Å². The second-order valence-electron chi connectivity index (χ2n) is 5.28. The Labute approximate surface area is 145 Å². The molecule has 4 nitrogen and oxygen atoms in total. The molecule has 1 heterocycles. The Morgan fingerprint density at radius 2 is 1.92 bits per heavy atom. The fourth-order valence-electron chi connectivity index (χ4n) is 2.43. The van der Waals surface area contributed by atoms with Crippen molar-refractivity contribution in [3.63, 3.8) is 0 Å². The van der Waals surface area contributed by atoms with E-state index in [2.05, 4.69) is 20.9 Å².